The molecule has 188 valence electrons. The number of likely N-dealkylation sites (N-methyl/N-ethyl adjacent to an activating group) is 1. The number of aryl methyl sites for hydroxylation is 1. The van der Waals surface area contributed by atoms with E-state index in [0.29, 0.717) is 28.2 Å². The number of anilines is 4. The number of carbonyl (C=O) groups is 1. The molecule has 0 amide bonds. The number of ketones is 1. The molecule has 0 unspecified atom stereocenters. The second kappa shape index (κ2) is 10.4. The number of rotatable bonds is 6. The predicted molar refractivity (Wildman–Crippen MR) is 146 cm³/mol. The van der Waals surface area contributed by atoms with Gasteiger partial charge in [-0.25, -0.2) is 9.37 Å². The number of nitrogens with two attached hydrogens (primary N) is 1. The highest BCUT2D eigenvalue weighted by atomic mass is 19.1. The number of benzene rings is 3. The van der Waals surface area contributed by atoms with Crippen molar-refractivity contribution >= 4 is 28.9 Å². The topological polar surface area (TPSA) is 87.4 Å². The van der Waals surface area contributed by atoms with Gasteiger partial charge in [-0.3, -0.25) is 4.79 Å². The standard InChI is InChI=1S/C29H29FN6O/c1-19-6-5-8-22(26(19)27(37)23-7-3-4-9-25(23)30)24-18-32-29(34-28(24)31)33-20-10-12-21(13-11-20)36-16-14-35(2)15-17-36/h3-13,18H,14-17H2,1-2H3,(H3,31,32,33,34). The van der Waals surface area contributed by atoms with Gasteiger partial charge in [0.05, 0.1) is 5.56 Å². The van der Waals surface area contributed by atoms with Gasteiger partial charge in [0, 0.05) is 54.9 Å². The van der Waals surface area contributed by atoms with Gasteiger partial charge in [0.15, 0.2) is 5.78 Å². The maximum absolute atomic E-state index is 14.4. The van der Waals surface area contributed by atoms with Gasteiger partial charge in [-0.15, -0.1) is 0 Å². The molecule has 2 heterocycles. The number of aromatic nitrogens is 2. The number of nitrogen functional groups attached to an aromatic ring is 1. The largest absolute Gasteiger partial charge is 0.383 e. The van der Waals surface area contributed by atoms with E-state index in [1.807, 2.05) is 31.2 Å². The van der Waals surface area contributed by atoms with E-state index in [-0.39, 0.29) is 11.4 Å². The molecule has 0 spiro atoms. The summed E-state index contributed by atoms with van der Waals surface area (Å²) in [5, 5.41) is 3.20. The fraction of sp³-hybridized carbons (Fsp3) is 0.207. The Balaban J connectivity index is 1.38. The van der Waals surface area contributed by atoms with Gasteiger partial charge in [0.25, 0.3) is 0 Å². The van der Waals surface area contributed by atoms with Crippen LogP contribution >= 0.6 is 0 Å². The molecular formula is C29H29FN6O. The van der Waals surface area contributed by atoms with E-state index < -0.39 is 11.6 Å². The van der Waals surface area contributed by atoms with Gasteiger partial charge in [0.1, 0.15) is 11.6 Å². The lowest BCUT2D eigenvalue weighted by atomic mass is 9.91. The van der Waals surface area contributed by atoms with Crippen LogP contribution in [0.3, 0.4) is 0 Å². The summed E-state index contributed by atoms with van der Waals surface area (Å²) in [6.45, 7) is 5.92. The lowest BCUT2D eigenvalue weighted by molar-refractivity contribution is 0.103. The van der Waals surface area contributed by atoms with Crippen molar-refractivity contribution < 1.29 is 9.18 Å². The smallest absolute Gasteiger partial charge is 0.229 e. The average Bonchev–Trinajstić information content (AvgIpc) is 2.90. The molecule has 0 radical (unpaired) electrons. The Morgan fingerprint density at radius 3 is 2.38 bits per heavy atom. The van der Waals surface area contributed by atoms with Crippen molar-refractivity contribution in [2.24, 2.45) is 0 Å². The van der Waals surface area contributed by atoms with Gasteiger partial charge in [-0.1, -0.05) is 30.3 Å². The van der Waals surface area contributed by atoms with Crippen LogP contribution in [0.15, 0.2) is 72.9 Å². The molecule has 0 bridgehead atoms. The van der Waals surface area contributed by atoms with E-state index in [0.717, 1.165) is 31.9 Å². The van der Waals surface area contributed by atoms with Crippen LogP contribution in [-0.4, -0.2) is 53.9 Å². The monoisotopic (exact) mass is 496 g/mol. The third kappa shape index (κ3) is 5.15. The highest BCUT2D eigenvalue weighted by Gasteiger charge is 2.22. The number of nitrogens with zero attached hydrogens (tertiary/aromatic N) is 4. The van der Waals surface area contributed by atoms with Crippen LogP contribution in [0.5, 0.6) is 0 Å². The van der Waals surface area contributed by atoms with E-state index in [1.165, 1.54) is 17.8 Å². The first kappa shape index (κ1) is 24.4. The van der Waals surface area contributed by atoms with Crippen LogP contribution in [0.25, 0.3) is 11.1 Å². The van der Waals surface area contributed by atoms with Crippen LogP contribution in [0.2, 0.25) is 0 Å². The second-order valence-corrected chi connectivity index (χ2v) is 9.26. The molecule has 3 aromatic carbocycles. The number of piperazine rings is 1. The van der Waals surface area contributed by atoms with Crippen LogP contribution < -0.4 is 16.0 Å². The highest BCUT2D eigenvalue weighted by molar-refractivity contribution is 6.14. The van der Waals surface area contributed by atoms with Crippen molar-refractivity contribution in [3.05, 3.63) is 95.4 Å². The Hall–Kier alpha value is -4.30. The molecule has 3 N–H and O–H groups in total. The zero-order valence-electron chi connectivity index (χ0n) is 20.9. The Morgan fingerprint density at radius 1 is 0.946 bits per heavy atom. The van der Waals surface area contributed by atoms with E-state index in [4.69, 9.17) is 5.73 Å². The van der Waals surface area contributed by atoms with Gasteiger partial charge >= 0.3 is 0 Å². The Bertz CT molecular complexity index is 1430. The number of halogens is 1. The summed E-state index contributed by atoms with van der Waals surface area (Å²) in [6, 6.07) is 19.5. The molecule has 0 atom stereocenters. The first-order valence-corrected chi connectivity index (χ1v) is 12.2. The molecule has 0 aliphatic carbocycles. The minimum absolute atomic E-state index is 0.0100. The minimum atomic E-state index is -0.566. The number of hydrogen-bond acceptors (Lipinski definition) is 7. The van der Waals surface area contributed by atoms with Gasteiger partial charge in [0.2, 0.25) is 5.95 Å². The van der Waals surface area contributed by atoms with Crippen molar-refractivity contribution in [1.29, 1.82) is 0 Å². The molecule has 1 saturated heterocycles. The van der Waals surface area contributed by atoms with E-state index in [2.05, 4.69) is 44.3 Å². The number of carbonyl (C=O) groups excluding carboxylic acids is 1. The van der Waals surface area contributed by atoms with Crippen LogP contribution in [0.4, 0.5) is 27.5 Å². The van der Waals surface area contributed by atoms with Gasteiger partial charge in [-0.05, 0) is 61.5 Å². The first-order chi connectivity index (χ1) is 17.9. The van der Waals surface area contributed by atoms with E-state index >= 15 is 0 Å². The van der Waals surface area contributed by atoms with Crippen LogP contribution in [0, 0.1) is 12.7 Å². The maximum Gasteiger partial charge on any atom is 0.229 e. The number of hydrogen-bond donors (Lipinski definition) is 2. The lowest BCUT2D eigenvalue weighted by Crippen LogP contribution is -2.44. The Kier molecular flexibility index (Phi) is 6.83. The molecule has 7 nitrogen and oxygen atoms in total. The van der Waals surface area contributed by atoms with E-state index in [9.17, 15) is 9.18 Å². The summed E-state index contributed by atoms with van der Waals surface area (Å²) in [7, 11) is 2.14. The Morgan fingerprint density at radius 2 is 1.68 bits per heavy atom. The molecule has 8 heteroatoms. The SMILES string of the molecule is Cc1cccc(-c2cnc(Nc3ccc(N4CCN(C)CC4)cc3)nc2N)c1C(=O)c1ccccc1F. The molecular weight excluding hydrogens is 467 g/mol. The summed E-state index contributed by atoms with van der Waals surface area (Å²) in [6.07, 6.45) is 1.59. The third-order valence-corrected chi connectivity index (χ3v) is 6.72. The second-order valence-electron chi connectivity index (χ2n) is 9.26. The molecule has 4 aromatic rings. The summed E-state index contributed by atoms with van der Waals surface area (Å²) in [5.41, 5.74) is 10.5. The summed E-state index contributed by atoms with van der Waals surface area (Å²) < 4.78 is 14.4. The molecule has 1 aliphatic heterocycles. The maximum atomic E-state index is 14.4. The average molecular weight is 497 g/mol. The molecule has 5 rings (SSSR count). The molecule has 37 heavy (non-hydrogen) atoms. The quantitative estimate of drug-likeness (QED) is 0.367. The molecule has 1 aliphatic rings. The zero-order valence-corrected chi connectivity index (χ0v) is 20.9. The third-order valence-electron chi connectivity index (χ3n) is 6.72. The van der Waals surface area contributed by atoms with Crippen molar-refractivity contribution in [2.75, 3.05) is 49.2 Å². The minimum Gasteiger partial charge on any atom is -0.383 e. The summed E-state index contributed by atoms with van der Waals surface area (Å²) >= 11 is 0. The van der Waals surface area contributed by atoms with Crippen LogP contribution in [-0.2, 0) is 0 Å². The normalized spacial score (nSPS) is 14.0. The van der Waals surface area contributed by atoms with Gasteiger partial charge in [-0.2, -0.15) is 4.98 Å². The van der Waals surface area contributed by atoms with Crippen molar-refractivity contribution in [2.45, 2.75) is 6.92 Å². The summed E-state index contributed by atoms with van der Waals surface area (Å²) in [5.74, 6) is -0.402. The van der Waals surface area contributed by atoms with E-state index in [1.54, 1.807) is 24.4 Å². The van der Waals surface area contributed by atoms with Gasteiger partial charge < -0.3 is 20.9 Å². The molecule has 1 fully saturated rings. The molecule has 0 saturated carbocycles. The highest BCUT2D eigenvalue weighted by Crippen LogP contribution is 2.32. The Labute approximate surface area is 215 Å². The van der Waals surface area contributed by atoms with Crippen LogP contribution in [0.1, 0.15) is 21.5 Å². The van der Waals surface area contributed by atoms with Crippen molar-refractivity contribution in [3.8, 4) is 11.1 Å². The fourth-order valence-electron chi connectivity index (χ4n) is 4.59. The predicted octanol–water partition coefficient (Wildman–Crippen LogP) is 4.90. The first-order valence-electron chi connectivity index (χ1n) is 12.2. The number of nitrogens with one attached hydrogen (secondary N) is 1. The zero-order chi connectivity index (χ0) is 25.9. The molecule has 1 aromatic heterocycles. The van der Waals surface area contributed by atoms with Crippen molar-refractivity contribution in [3.63, 3.8) is 0 Å². The fourth-order valence-corrected chi connectivity index (χ4v) is 4.59. The van der Waals surface area contributed by atoms with Crippen molar-refractivity contribution in [1.82, 2.24) is 14.9 Å². The lowest BCUT2D eigenvalue weighted by Gasteiger charge is -2.34. The summed E-state index contributed by atoms with van der Waals surface area (Å²) in [4.78, 5) is 26.9.